The predicted octanol–water partition coefficient (Wildman–Crippen LogP) is 0.966. The molecule has 0 saturated heterocycles. The normalized spacial score (nSPS) is 15.7. The van der Waals surface area contributed by atoms with E-state index >= 15 is 0 Å². The van der Waals surface area contributed by atoms with Crippen molar-refractivity contribution in [3.8, 4) is 0 Å². The summed E-state index contributed by atoms with van der Waals surface area (Å²) in [5.41, 5.74) is 3.65. The minimum atomic E-state index is 0.189. The van der Waals surface area contributed by atoms with Crippen LogP contribution in [-0.4, -0.2) is 30.1 Å². The fraction of sp³-hybridized carbons (Fsp3) is 0.643. The standard InChI is InChI=1S/C14H23N3O/c1-4-6-17-13-5-7-16(3)10-12(13)8-11(9-15-2)14(17)18/h8,15H,4-7,9-10H2,1-3H3. The van der Waals surface area contributed by atoms with Gasteiger partial charge in [0.1, 0.15) is 0 Å². The summed E-state index contributed by atoms with van der Waals surface area (Å²) >= 11 is 0. The van der Waals surface area contributed by atoms with Crippen LogP contribution in [0.15, 0.2) is 10.9 Å². The Morgan fingerprint density at radius 3 is 2.89 bits per heavy atom. The van der Waals surface area contributed by atoms with Crippen molar-refractivity contribution in [3.05, 3.63) is 33.2 Å². The summed E-state index contributed by atoms with van der Waals surface area (Å²) in [6.45, 7) is 5.61. The lowest BCUT2D eigenvalue weighted by atomic mass is 10.0. The van der Waals surface area contributed by atoms with E-state index in [1.807, 2.05) is 11.6 Å². The highest BCUT2D eigenvalue weighted by atomic mass is 16.1. The predicted molar refractivity (Wildman–Crippen MR) is 73.8 cm³/mol. The Labute approximate surface area is 109 Å². The highest BCUT2D eigenvalue weighted by Gasteiger charge is 2.19. The molecule has 0 radical (unpaired) electrons. The second-order valence-corrected chi connectivity index (χ2v) is 5.12. The molecule has 2 rings (SSSR count). The van der Waals surface area contributed by atoms with Crippen LogP contribution in [0.3, 0.4) is 0 Å². The lowest BCUT2D eigenvalue weighted by molar-refractivity contribution is 0.303. The summed E-state index contributed by atoms with van der Waals surface area (Å²) in [7, 11) is 4.02. The van der Waals surface area contributed by atoms with Gasteiger partial charge in [0.25, 0.3) is 5.56 Å². The minimum absolute atomic E-state index is 0.189. The topological polar surface area (TPSA) is 37.3 Å². The van der Waals surface area contributed by atoms with E-state index in [9.17, 15) is 4.79 Å². The average Bonchev–Trinajstić information content (AvgIpc) is 2.34. The van der Waals surface area contributed by atoms with Crippen LogP contribution in [0.2, 0.25) is 0 Å². The molecular weight excluding hydrogens is 226 g/mol. The molecule has 4 heteroatoms. The quantitative estimate of drug-likeness (QED) is 0.864. The molecule has 0 atom stereocenters. The Morgan fingerprint density at radius 1 is 1.44 bits per heavy atom. The first-order chi connectivity index (χ1) is 8.67. The Balaban J connectivity index is 2.51. The number of nitrogens with zero attached hydrogens (tertiary/aromatic N) is 2. The third-order valence-corrected chi connectivity index (χ3v) is 3.55. The van der Waals surface area contributed by atoms with Crippen LogP contribution in [0.1, 0.15) is 30.2 Å². The Kier molecular flexibility index (Phi) is 4.19. The highest BCUT2D eigenvalue weighted by Crippen LogP contribution is 2.18. The highest BCUT2D eigenvalue weighted by molar-refractivity contribution is 5.29. The van der Waals surface area contributed by atoms with Crippen molar-refractivity contribution in [2.75, 3.05) is 20.6 Å². The summed E-state index contributed by atoms with van der Waals surface area (Å²) in [6.07, 6.45) is 1.99. The van der Waals surface area contributed by atoms with Gasteiger partial charge in [0.15, 0.2) is 0 Å². The van der Waals surface area contributed by atoms with Crippen molar-refractivity contribution >= 4 is 0 Å². The number of nitrogens with one attached hydrogen (secondary N) is 1. The molecule has 100 valence electrons. The van der Waals surface area contributed by atoms with Gasteiger partial charge >= 0.3 is 0 Å². The monoisotopic (exact) mass is 249 g/mol. The van der Waals surface area contributed by atoms with E-state index in [1.54, 1.807) is 0 Å². The molecule has 0 fully saturated rings. The molecule has 4 nitrogen and oxygen atoms in total. The summed E-state index contributed by atoms with van der Waals surface area (Å²) in [4.78, 5) is 14.7. The van der Waals surface area contributed by atoms with Crippen LogP contribution in [0, 0.1) is 0 Å². The summed E-state index contributed by atoms with van der Waals surface area (Å²) in [5.74, 6) is 0. The van der Waals surface area contributed by atoms with Crippen LogP contribution in [-0.2, 0) is 26.1 Å². The Hall–Kier alpha value is -1.13. The van der Waals surface area contributed by atoms with Gasteiger partial charge in [-0.15, -0.1) is 0 Å². The molecule has 0 bridgehead atoms. The minimum Gasteiger partial charge on any atom is -0.315 e. The van der Waals surface area contributed by atoms with Crippen molar-refractivity contribution in [2.45, 2.75) is 39.4 Å². The van der Waals surface area contributed by atoms with Gasteiger partial charge < -0.3 is 14.8 Å². The maximum Gasteiger partial charge on any atom is 0.255 e. The van der Waals surface area contributed by atoms with E-state index in [0.29, 0.717) is 6.54 Å². The van der Waals surface area contributed by atoms with Crippen LogP contribution in [0.4, 0.5) is 0 Å². The molecule has 1 N–H and O–H groups in total. The van der Waals surface area contributed by atoms with Gasteiger partial charge in [-0.2, -0.15) is 0 Å². The Bertz CT molecular complexity index is 479. The molecular formula is C14H23N3O. The van der Waals surface area contributed by atoms with E-state index in [-0.39, 0.29) is 5.56 Å². The molecule has 1 aromatic rings. The fourth-order valence-electron chi connectivity index (χ4n) is 2.70. The summed E-state index contributed by atoms with van der Waals surface area (Å²) in [6, 6.07) is 2.09. The van der Waals surface area contributed by atoms with Gasteiger partial charge in [0.2, 0.25) is 0 Å². The van der Waals surface area contributed by atoms with Gasteiger partial charge in [-0.25, -0.2) is 0 Å². The number of aromatic nitrogens is 1. The number of likely N-dealkylation sites (N-methyl/N-ethyl adjacent to an activating group) is 1. The van der Waals surface area contributed by atoms with Gasteiger partial charge in [0, 0.05) is 43.9 Å². The molecule has 0 aliphatic carbocycles. The first-order valence-electron chi connectivity index (χ1n) is 6.75. The Morgan fingerprint density at radius 2 is 2.22 bits per heavy atom. The van der Waals surface area contributed by atoms with Crippen LogP contribution in [0.25, 0.3) is 0 Å². The fourth-order valence-corrected chi connectivity index (χ4v) is 2.70. The molecule has 0 aromatic carbocycles. The molecule has 1 aliphatic heterocycles. The van der Waals surface area contributed by atoms with Crippen molar-refractivity contribution in [2.24, 2.45) is 0 Å². The molecule has 1 aliphatic rings. The number of hydrogen-bond acceptors (Lipinski definition) is 3. The van der Waals surface area contributed by atoms with Crippen molar-refractivity contribution in [1.29, 1.82) is 0 Å². The van der Waals surface area contributed by atoms with E-state index in [2.05, 4.69) is 30.3 Å². The van der Waals surface area contributed by atoms with Gasteiger partial charge in [0.05, 0.1) is 0 Å². The zero-order valence-corrected chi connectivity index (χ0v) is 11.6. The third-order valence-electron chi connectivity index (χ3n) is 3.55. The van der Waals surface area contributed by atoms with E-state index < -0.39 is 0 Å². The van der Waals surface area contributed by atoms with Crippen molar-refractivity contribution < 1.29 is 0 Å². The summed E-state index contributed by atoms with van der Waals surface area (Å²) < 4.78 is 2.00. The second-order valence-electron chi connectivity index (χ2n) is 5.12. The smallest absolute Gasteiger partial charge is 0.255 e. The number of fused-ring (bicyclic) bond motifs is 1. The number of pyridine rings is 1. The maximum atomic E-state index is 12.4. The first-order valence-corrected chi connectivity index (χ1v) is 6.75. The lowest BCUT2D eigenvalue weighted by Gasteiger charge is -2.28. The zero-order valence-electron chi connectivity index (χ0n) is 11.6. The molecule has 0 spiro atoms. The van der Waals surface area contributed by atoms with Crippen LogP contribution < -0.4 is 10.9 Å². The second kappa shape index (κ2) is 5.67. The van der Waals surface area contributed by atoms with Gasteiger partial charge in [-0.3, -0.25) is 4.79 Å². The molecule has 2 heterocycles. The SMILES string of the molecule is CCCn1c2c(cc(CNC)c1=O)CN(C)CC2. The van der Waals surface area contributed by atoms with E-state index in [1.165, 1.54) is 11.3 Å². The largest absolute Gasteiger partial charge is 0.315 e. The zero-order chi connectivity index (χ0) is 13.1. The van der Waals surface area contributed by atoms with Crippen molar-refractivity contribution in [1.82, 2.24) is 14.8 Å². The molecule has 18 heavy (non-hydrogen) atoms. The lowest BCUT2D eigenvalue weighted by Crippen LogP contribution is -2.36. The summed E-state index contributed by atoms with van der Waals surface area (Å²) in [5, 5.41) is 3.09. The van der Waals surface area contributed by atoms with Crippen molar-refractivity contribution in [3.63, 3.8) is 0 Å². The van der Waals surface area contributed by atoms with Crippen LogP contribution >= 0.6 is 0 Å². The third kappa shape index (κ3) is 2.49. The molecule has 1 aromatic heterocycles. The van der Waals surface area contributed by atoms with Gasteiger partial charge in [-0.05, 0) is 32.1 Å². The number of rotatable bonds is 4. The molecule has 0 saturated carbocycles. The first kappa shape index (κ1) is 13.3. The van der Waals surface area contributed by atoms with Crippen LogP contribution in [0.5, 0.6) is 0 Å². The average molecular weight is 249 g/mol. The van der Waals surface area contributed by atoms with E-state index in [0.717, 1.165) is 38.0 Å². The van der Waals surface area contributed by atoms with Gasteiger partial charge in [-0.1, -0.05) is 6.92 Å². The molecule has 0 amide bonds. The van der Waals surface area contributed by atoms with E-state index in [4.69, 9.17) is 0 Å². The number of hydrogen-bond donors (Lipinski definition) is 1. The maximum absolute atomic E-state index is 12.4. The molecule has 0 unspecified atom stereocenters.